The van der Waals surface area contributed by atoms with Crippen LogP contribution in [0.5, 0.6) is 5.88 Å². The van der Waals surface area contributed by atoms with Crippen molar-refractivity contribution >= 4 is 5.97 Å². The molecule has 0 radical (unpaired) electrons. The topological polar surface area (TPSA) is 72.2 Å². The lowest BCUT2D eigenvalue weighted by atomic mass is 10.1. The summed E-state index contributed by atoms with van der Waals surface area (Å²) >= 11 is 0. The Balaban J connectivity index is 3.37. The smallest absolute Gasteiger partial charge is 0.343 e. The molecule has 18 heavy (non-hydrogen) atoms. The fraction of sp³-hybridized carbons (Fsp3) is 0.364. The average Bonchev–Trinajstić information content (AvgIpc) is 2.37. The van der Waals surface area contributed by atoms with Gasteiger partial charge in [0.2, 0.25) is 5.88 Å². The fourth-order valence-electron chi connectivity index (χ4n) is 1.28. The van der Waals surface area contributed by atoms with Crippen LogP contribution in [-0.4, -0.2) is 24.7 Å². The van der Waals surface area contributed by atoms with Gasteiger partial charge >= 0.3 is 5.97 Å². The van der Waals surface area contributed by atoms with E-state index in [1.165, 1.54) is 13.2 Å². The number of carbonyl (C=O) groups is 1. The first-order valence-corrected chi connectivity index (χ1v) is 4.99. The molecular weight excluding hydrogens is 246 g/mol. The molecule has 1 rings (SSSR count). The summed E-state index contributed by atoms with van der Waals surface area (Å²) in [4.78, 5) is 15.1. The molecule has 0 aliphatic carbocycles. The van der Waals surface area contributed by atoms with E-state index in [2.05, 4.69) is 4.98 Å². The van der Waals surface area contributed by atoms with E-state index < -0.39 is 23.7 Å². The van der Waals surface area contributed by atoms with E-state index in [0.29, 0.717) is 0 Å². The van der Waals surface area contributed by atoms with Gasteiger partial charge in [-0.15, -0.1) is 0 Å². The minimum absolute atomic E-state index is 0.0893. The minimum Gasteiger partial charge on any atom is -0.480 e. The fourth-order valence-corrected chi connectivity index (χ4v) is 1.28. The Morgan fingerprint density at radius 2 is 2.28 bits per heavy atom. The number of pyridine rings is 1. The number of halogens is 2. The Bertz CT molecular complexity index is 498. The summed E-state index contributed by atoms with van der Waals surface area (Å²) in [5.41, 5.74) is -1.33. The van der Waals surface area contributed by atoms with Crippen molar-refractivity contribution in [2.45, 2.75) is 13.3 Å². The van der Waals surface area contributed by atoms with Crippen LogP contribution in [0.1, 0.15) is 35.0 Å². The van der Waals surface area contributed by atoms with Gasteiger partial charge in [-0.1, -0.05) is 0 Å². The maximum atomic E-state index is 12.7. The van der Waals surface area contributed by atoms with Gasteiger partial charge in [-0.3, -0.25) is 0 Å². The van der Waals surface area contributed by atoms with Crippen molar-refractivity contribution in [2.24, 2.45) is 0 Å². The molecule has 1 heterocycles. The molecule has 0 aromatic carbocycles. The number of hydrogen-bond donors (Lipinski definition) is 0. The summed E-state index contributed by atoms with van der Waals surface area (Å²) in [6.45, 7) is 1.67. The Morgan fingerprint density at radius 1 is 1.61 bits per heavy atom. The average molecular weight is 256 g/mol. The van der Waals surface area contributed by atoms with E-state index in [1.54, 1.807) is 6.92 Å². The van der Waals surface area contributed by atoms with Crippen molar-refractivity contribution in [1.82, 2.24) is 4.98 Å². The highest BCUT2D eigenvalue weighted by Gasteiger charge is 2.23. The number of esters is 1. The molecule has 1 aromatic heterocycles. The normalized spacial score (nSPS) is 10.0. The first-order chi connectivity index (χ1) is 8.54. The van der Waals surface area contributed by atoms with Crippen LogP contribution in [-0.2, 0) is 4.74 Å². The van der Waals surface area contributed by atoms with E-state index in [4.69, 9.17) is 14.7 Å². The van der Waals surface area contributed by atoms with Crippen LogP contribution < -0.4 is 4.74 Å². The molecule has 0 N–H and O–H groups in total. The molecule has 0 saturated carbocycles. The highest BCUT2D eigenvalue weighted by molar-refractivity contribution is 5.92. The molecule has 7 heteroatoms. The van der Waals surface area contributed by atoms with Crippen LogP contribution in [0.2, 0.25) is 0 Å². The Labute approximate surface area is 102 Å². The standard InChI is InChI=1S/C11H10F2N2O3/c1-3-18-11(16)7-4-6(9(12)13)8(5-14)15-10(7)17-2/h4,9H,3H2,1-2H3. The third-order valence-electron chi connectivity index (χ3n) is 2.05. The summed E-state index contributed by atoms with van der Waals surface area (Å²) in [6.07, 6.45) is -2.91. The maximum absolute atomic E-state index is 12.7. The van der Waals surface area contributed by atoms with Crippen molar-refractivity contribution < 1.29 is 23.0 Å². The van der Waals surface area contributed by atoms with Crippen molar-refractivity contribution in [3.05, 3.63) is 22.9 Å². The minimum atomic E-state index is -2.91. The molecule has 0 aliphatic rings. The van der Waals surface area contributed by atoms with Crippen LogP contribution in [0.25, 0.3) is 0 Å². The van der Waals surface area contributed by atoms with Gasteiger partial charge in [-0.25, -0.2) is 18.6 Å². The third-order valence-corrected chi connectivity index (χ3v) is 2.05. The highest BCUT2D eigenvalue weighted by Crippen LogP contribution is 2.27. The van der Waals surface area contributed by atoms with Crippen LogP contribution in [0.15, 0.2) is 6.07 Å². The van der Waals surface area contributed by atoms with E-state index in [-0.39, 0.29) is 18.1 Å². The molecule has 0 amide bonds. The van der Waals surface area contributed by atoms with Gasteiger partial charge < -0.3 is 9.47 Å². The number of ether oxygens (including phenoxy) is 2. The number of aromatic nitrogens is 1. The van der Waals surface area contributed by atoms with E-state index in [0.717, 1.165) is 6.07 Å². The molecule has 0 saturated heterocycles. The summed E-state index contributed by atoms with van der Waals surface area (Å²) in [7, 11) is 1.22. The maximum Gasteiger partial charge on any atom is 0.343 e. The van der Waals surface area contributed by atoms with Crippen LogP contribution in [0, 0.1) is 11.3 Å². The molecule has 0 unspecified atom stereocenters. The van der Waals surface area contributed by atoms with Gasteiger partial charge in [0.1, 0.15) is 11.6 Å². The molecule has 0 spiro atoms. The molecule has 0 fully saturated rings. The molecule has 0 bridgehead atoms. The number of rotatable bonds is 4. The van der Waals surface area contributed by atoms with Crippen molar-refractivity contribution in [3.63, 3.8) is 0 Å². The molecule has 1 aromatic rings. The lowest BCUT2D eigenvalue weighted by Gasteiger charge is -2.10. The Hall–Kier alpha value is -2.23. The molecule has 0 atom stereocenters. The van der Waals surface area contributed by atoms with E-state index in [1.807, 2.05) is 0 Å². The largest absolute Gasteiger partial charge is 0.480 e. The van der Waals surface area contributed by atoms with E-state index in [9.17, 15) is 13.6 Å². The van der Waals surface area contributed by atoms with Gasteiger partial charge in [0.25, 0.3) is 6.43 Å². The van der Waals surface area contributed by atoms with Crippen molar-refractivity contribution in [3.8, 4) is 11.9 Å². The molecular formula is C11H10F2N2O3. The lowest BCUT2D eigenvalue weighted by molar-refractivity contribution is 0.0521. The Kier molecular flexibility index (Phi) is 4.54. The van der Waals surface area contributed by atoms with Gasteiger partial charge in [-0.05, 0) is 13.0 Å². The summed E-state index contributed by atoms with van der Waals surface area (Å²) < 4.78 is 34.9. The number of nitriles is 1. The summed E-state index contributed by atoms with van der Waals surface area (Å²) in [5, 5.41) is 8.70. The number of alkyl halides is 2. The second kappa shape index (κ2) is 5.91. The van der Waals surface area contributed by atoms with Crippen LogP contribution in [0.3, 0.4) is 0 Å². The van der Waals surface area contributed by atoms with Crippen LogP contribution in [0.4, 0.5) is 8.78 Å². The van der Waals surface area contributed by atoms with Crippen molar-refractivity contribution in [2.75, 3.05) is 13.7 Å². The predicted molar refractivity (Wildman–Crippen MR) is 56.4 cm³/mol. The molecule has 96 valence electrons. The Morgan fingerprint density at radius 3 is 2.72 bits per heavy atom. The van der Waals surface area contributed by atoms with Gasteiger partial charge in [0.15, 0.2) is 5.69 Å². The second-order valence-electron chi connectivity index (χ2n) is 3.12. The molecule has 0 aliphatic heterocycles. The second-order valence-corrected chi connectivity index (χ2v) is 3.12. The predicted octanol–water partition coefficient (Wildman–Crippen LogP) is 2.08. The van der Waals surface area contributed by atoms with Crippen molar-refractivity contribution in [1.29, 1.82) is 5.26 Å². The van der Waals surface area contributed by atoms with E-state index >= 15 is 0 Å². The summed E-state index contributed by atoms with van der Waals surface area (Å²) in [6, 6.07) is 2.39. The quantitative estimate of drug-likeness (QED) is 0.771. The number of carbonyl (C=O) groups excluding carboxylic acids is 1. The number of hydrogen-bond acceptors (Lipinski definition) is 5. The first-order valence-electron chi connectivity index (χ1n) is 4.99. The molecule has 5 nitrogen and oxygen atoms in total. The van der Waals surface area contributed by atoms with Gasteiger partial charge in [-0.2, -0.15) is 5.26 Å². The highest BCUT2D eigenvalue weighted by atomic mass is 19.3. The monoisotopic (exact) mass is 256 g/mol. The van der Waals surface area contributed by atoms with Gasteiger partial charge in [0.05, 0.1) is 19.3 Å². The number of nitrogens with zero attached hydrogens (tertiary/aromatic N) is 2. The third kappa shape index (κ3) is 2.71. The zero-order chi connectivity index (χ0) is 13.7. The first kappa shape index (κ1) is 13.8. The number of methoxy groups -OCH3 is 1. The zero-order valence-electron chi connectivity index (χ0n) is 9.74. The van der Waals surface area contributed by atoms with Crippen LogP contribution >= 0.6 is 0 Å². The van der Waals surface area contributed by atoms with Gasteiger partial charge in [0, 0.05) is 0 Å². The zero-order valence-corrected chi connectivity index (χ0v) is 9.74. The summed E-state index contributed by atoms with van der Waals surface area (Å²) in [5.74, 6) is -1.04. The SMILES string of the molecule is CCOC(=O)c1cc(C(F)F)c(C#N)nc1OC. The lowest BCUT2D eigenvalue weighted by Crippen LogP contribution is -2.10.